The number of piperidine rings is 1. The Kier molecular flexibility index (Phi) is 4.55. The van der Waals surface area contributed by atoms with Crippen molar-refractivity contribution in [3.05, 3.63) is 51.5 Å². The molecular formula is C19H18N2O2S2. The highest BCUT2D eigenvalue weighted by Crippen LogP contribution is 2.30. The second-order valence-electron chi connectivity index (χ2n) is 6.15. The fraction of sp³-hybridized carbons (Fsp3) is 0.263. The quantitative estimate of drug-likeness (QED) is 0.717. The largest absolute Gasteiger partial charge is 0.338 e. The second-order valence-corrected chi connectivity index (χ2v) is 8.18. The lowest BCUT2D eigenvalue weighted by molar-refractivity contribution is 0.0729. The molecule has 1 aliphatic heterocycles. The molecule has 1 aliphatic rings. The van der Waals surface area contributed by atoms with Gasteiger partial charge in [0.2, 0.25) is 0 Å². The van der Waals surface area contributed by atoms with Gasteiger partial charge in [-0.25, -0.2) is 0 Å². The van der Waals surface area contributed by atoms with Gasteiger partial charge in [-0.05, 0) is 60.4 Å². The van der Waals surface area contributed by atoms with Crippen LogP contribution >= 0.6 is 22.7 Å². The van der Waals surface area contributed by atoms with Gasteiger partial charge in [-0.3, -0.25) is 9.59 Å². The van der Waals surface area contributed by atoms with Crippen molar-refractivity contribution < 1.29 is 9.59 Å². The Hall–Kier alpha value is -2.18. The lowest BCUT2D eigenvalue weighted by atomic mass is 10.1. The van der Waals surface area contributed by atoms with Crippen molar-refractivity contribution in [2.45, 2.75) is 19.3 Å². The van der Waals surface area contributed by atoms with Crippen LogP contribution < -0.4 is 5.32 Å². The van der Waals surface area contributed by atoms with Crippen LogP contribution in [0.4, 0.5) is 5.69 Å². The van der Waals surface area contributed by atoms with E-state index in [0.717, 1.165) is 46.6 Å². The fourth-order valence-corrected chi connectivity index (χ4v) is 4.71. The molecule has 1 fully saturated rings. The molecule has 1 aromatic carbocycles. The van der Waals surface area contributed by atoms with Crippen molar-refractivity contribution in [3.8, 4) is 0 Å². The Bertz CT molecular complexity index is 909. The molecule has 1 saturated heterocycles. The number of nitrogens with zero attached hydrogens (tertiary/aromatic N) is 1. The summed E-state index contributed by atoms with van der Waals surface area (Å²) in [5, 5.41) is 5.80. The maximum absolute atomic E-state index is 12.7. The Balaban J connectivity index is 1.54. The zero-order valence-corrected chi connectivity index (χ0v) is 15.3. The molecule has 0 spiro atoms. The normalized spacial score (nSPS) is 14.6. The number of nitrogens with one attached hydrogen (secondary N) is 1. The van der Waals surface area contributed by atoms with Crippen molar-refractivity contribution in [3.63, 3.8) is 0 Å². The predicted molar refractivity (Wildman–Crippen MR) is 104 cm³/mol. The fourth-order valence-electron chi connectivity index (χ4n) is 3.08. The molecule has 0 atom stereocenters. The van der Waals surface area contributed by atoms with Gasteiger partial charge in [0.05, 0.1) is 9.75 Å². The number of fused-ring (bicyclic) bond motifs is 1. The SMILES string of the molecule is O=C(Nc1ccc2sc(C(=O)N3CCCCC3)cc2c1)c1cccs1. The van der Waals surface area contributed by atoms with Gasteiger partial charge in [0, 0.05) is 23.5 Å². The van der Waals surface area contributed by atoms with Crippen LogP contribution in [0.2, 0.25) is 0 Å². The molecule has 2 aromatic heterocycles. The molecule has 128 valence electrons. The van der Waals surface area contributed by atoms with Gasteiger partial charge in [0.1, 0.15) is 0 Å². The van der Waals surface area contributed by atoms with E-state index in [2.05, 4.69) is 5.32 Å². The predicted octanol–water partition coefficient (Wildman–Crippen LogP) is 4.84. The first kappa shape index (κ1) is 16.3. The van der Waals surface area contributed by atoms with Crippen molar-refractivity contribution >= 4 is 50.3 Å². The van der Waals surface area contributed by atoms with E-state index in [0.29, 0.717) is 4.88 Å². The molecule has 0 saturated carbocycles. The van der Waals surface area contributed by atoms with Crippen molar-refractivity contribution in [1.82, 2.24) is 4.90 Å². The standard InChI is InChI=1S/C19H18N2O2S2/c22-18(16-5-4-10-24-16)20-14-6-7-15-13(11-14)12-17(25-15)19(23)21-8-2-1-3-9-21/h4-7,10-12H,1-3,8-9H2,(H,20,22). The average Bonchev–Trinajstić information content (AvgIpc) is 3.31. The first-order valence-corrected chi connectivity index (χ1v) is 10.1. The van der Waals surface area contributed by atoms with Gasteiger partial charge in [-0.2, -0.15) is 0 Å². The number of benzene rings is 1. The molecule has 0 bridgehead atoms. The molecule has 0 radical (unpaired) electrons. The Morgan fingerprint density at radius 1 is 1.00 bits per heavy atom. The molecule has 4 rings (SSSR count). The Labute approximate surface area is 154 Å². The van der Waals surface area contributed by atoms with Crippen molar-refractivity contribution in [2.75, 3.05) is 18.4 Å². The van der Waals surface area contributed by atoms with Crippen molar-refractivity contribution in [2.24, 2.45) is 0 Å². The number of amides is 2. The van der Waals surface area contributed by atoms with Crippen LogP contribution in [-0.4, -0.2) is 29.8 Å². The van der Waals surface area contributed by atoms with Crippen LogP contribution in [0.15, 0.2) is 41.8 Å². The number of likely N-dealkylation sites (tertiary alicyclic amines) is 1. The summed E-state index contributed by atoms with van der Waals surface area (Å²) in [6.45, 7) is 1.71. The number of carbonyl (C=O) groups is 2. The van der Waals surface area contributed by atoms with E-state index in [1.165, 1.54) is 29.1 Å². The van der Waals surface area contributed by atoms with E-state index in [4.69, 9.17) is 0 Å². The van der Waals surface area contributed by atoms with E-state index in [1.54, 1.807) is 6.07 Å². The number of thiophene rings is 2. The monoisotopic (exact) mass is 370 g/mol. The summed E-state index contributed by atoms with van der Waals surface area (Å²) >= 11 is 2.94. The summed E-state index contributed by atoms with van der Waals surface area (Å²) in [6.07, 6.45) is 3.40. The van der Waals surface area contributed by atoms with Gasteiger partial charge < -0.3 is 10.2 Å². The highest BCUT2D eigenvalue weighted by atomic mass is 32.1. The first-order chi connectivity index (χ1) is 12.2. The van der Waals surface area contributed by atoms with E-state index in [9.17, 15) is 9.59 Å². The smallest absolute Gasteiger partial charge is 0.265 e. The van der Waals surface area contributed by atoms with Crippen molar-refractivity contribution in [1.29, 1.82) is 0 Å². The lowest BCUT2D eigenvalue weighted by Crippen LogP contribution is -2.35. The van der Waals surface area contributed by atoms with Gasteiger partial charge in [0.25, 0.3) is 11.8 Å². The third kappa shape index (κ3) is 3.45. The van der Waals surface area contributed by atoms with Crippen LogP contribution in [0.1, 0.15) is 38.6 Å². The van der Waals surface area contributed by atoms with Crippen LogP contribution in [0.5, 0.6) is 0 Å². The molecule has 1 N–H and O–H groups in total. The average molecular weight is 370 g/mol. The number of hydrogen-bond acceptors (Lipinski definition) is 4. The highest BCUT2D eigenvalue weighted by Gasteiger charge is 2.20. The Morgan fingerprint density at radius 2 is 1.84 bits per heavy atom. The topological polar surface area (TPSA) is 49.4 Å². The third-order valence-corrected chi connectivity index (χ3v) is 6.35. The maximum Gasteiger partial charge on any atom is 0.265 e. The third-order valence-electron chi connectivity index (χ3n) is 4.37. The molecule has 0 unspecified atom stereocenters. The van der Waals surface area contributed by atoms with E-state index in [1.807, 2.05) is 40.6 Å². The van der Waals surface area contributed by atoms with E-state index < -0.39 is 0 Å². The van der Waals surface area contributed by atoms with Gasteiger partial charge in [-0.1, -0.05) is 6.07 Å². The second kappa shape index (κ2) is 6.98. The minimum atomic E-state index is -0.103. The molecule has 25 heavy (non-hydrogen) atoms. The van der Waals surface area contributed by atoms with Crippen LogP contribution in [0, 0.1) is 0 Å². The van der Waals surface area contributed by atoms with Gasteiger partial charge >= 0.3 is 0 Å². The zero-order chi connectivity index (χ0) is 17.2. The van der Waals surface area contributed by atoms with Crippen LogP contribution in [-0.2, 0) is 0 Å². The summed E-state index contributed by atoms with van der Waals surface area (Å²) in [5.41, 5.74) is 0.751. The number of anilines is 1. The Morgan fingerprint density at radius 3 is 2.60 bits per heavy atom. The summed E-state index contributed by atoms with van der Waals surface area (Å²) in [5.74, 6) is 0.0271. The number of carbonyl (C=O) groups excluding carboxylic acids is 2. The summed E-state index contributed by atoms with van der Waals surface area (Å²) in [4.78, 5) is 28.2. The summed E-state index contributed by atoms with van der Waals surface area (Å²) in [7, 11) is 0. The maximum atomic E-state index is 12.7. The zero-order valence-electron chi connectivity index (χ0n) is 13.7. The molecule has 3 aromatic rings. The van der Waals surface area contributed by atoms with E-state index >= 15 is 0 Å². The summed E-state index contributed by atoms with van der Waals surface area (Å²) in [6, 6.07) is 11.4. The minimum absolute atomic E-state index is 0.103. The van der Waals surface area contributed by atoms with Crippen LogP contribution in [0.3, 0.4) is 0 Å². The minimum Gasteiger partial charge on any atom is -0.338 e. The molecule has 0 aliphatic carbocycles. The van der Waals surface area contributed by atoms with Crippen LogP contribution in [0.25, 0.3) is 10.1 Å². The first-order valence-electron chi connectivity index (χ1n) is 8.38. The molecule has 2 amide bonds. The molecular weight excluding hydrogens is 352 g/mol. The molecule has 6 heteroatoms. The molecule has 4 nitrogen and oxygen atoms in total. The summed E-state index contributed by atoms with van der Waals surface area (Å²) < 4.78 is 1.06. The highest BCUT2D eigenvalue weighted by molar-refractivity contribution is 7.20. The number of rotatable bonds is 3. The lowest BCUT2D eigenvalue weighted by Gasteiger charge is -2.26. The number of hydrogen-bond donors (Lipinski definition) is 1. The van der Waals surface area contributed by atoms with Gasteiger partial charge in [-0.15, -0.1) is 22.7 Å². The van der Waals surface area contributed by atoms with Gasteiger partial charge in [0.15, 0.2) is 0 Å². The van der Waals surface area contributed by atoms with E-state index in [-0.39, 0.29) is 11.8 Å². The molecule has 3 heterocycles.